The Bertz CT molecular complexity index is 511. The number of carboxylic acids is 1. The van der Waals surface area contributed by atoms with Crippen molar-refractivity contribution in [1.29, 1.82) is 0 Å². The summed E-state index contributed by atoms with van der Waals surface area (Å²) in [6.07, 6.45) is 2.73. The fourth-order valence-electron chi connectivity index (χ4n) is 2.38. The zero-order valence-electron chi connectivity index (χ0n) is 12.2. The molecule has 3 N–H and O–H groups in total. The van der Waals surface area contributed by atoms with Gasteiger partial charge in [-0.25, -0.2) is 0 Å². The zero-order chi connectivity index (χ0) is 16.9. The van der Waals surface area contributed by atoms with Gasteiger partial charge in [-0.2, -0.15) is 0 Å². The van der Waals surface area contributed by atoms with Crippen molar-refractivity contribution in [2.24, 2.45) is 17.6 Å². The second kappa shape index (κ2) is 9.19. The number of rotatable bonds is 8. The zero-order valence-corrected chi connectivity index (χ0v) is 15.2. The molecule has 22 heavy (non-hydrogen) atoms. The van der Waals surface area contributed by atoms with Crippen molar-refractivity contribution in [3.63, 3.8) is 0 Å². The molecular formula is C15H19Cl4NO2. The van der Waals surface area contributed by atoms with Crippen molar-refractivity contribution in [1.82, 2.24) is 0 Å². The van der Waals surface area contributed by atoms with Gasteiger partial charge in [0.1, 0.15) is 0 Å². The standard InChI is InChI=1S/C15H19Cl4NO2/c1-2-8(5-9(7-20)15(21)22)3-4-10-13(18)11(16)6-12(17)14(10)19/h6,8-9H,2-5,7,20H2,1H3,(H,21,22). The second-order valence-electron chi connectivity index (χ2n) is 5.27. The SMILES string of the molecule is CCC(CCc1c(Cl)c(Cl)cc(Cl)c1Cl)CC(CN)C(=O)O. The number of benzene rings is 1. The lowest BCUT2D eigenvalue weighted by Crippen LogP contribution is -2.26. The number of nitrogens with two attached hydrogens (primary N) is 1. The molecule has 3 nitrogen and oxygen atoms in total. The lowest BCUT2D eigenvalue weighted by Gasteiger charge is -2.19. The van der Waals surface area contributed by atoms with E-state index in [-0.39, 0.29) is 12.5 Å². The van der Waals surface area contributed by atoms with Gasteiger partial charge in [-0.3, -0.25) is 4.79 Å². The summed E-state index contributed by atoms with van der Waals surface area (Å²) in [4.78, 5) is 11.1. The van der Waals surface area contributed by atoms with Crippen molar-refractivity contribution >= 4 is 52.4 Å². The van der Waals surface area contributed by atoms with Gasteiger partial charge in [0.2, 0.25) is 0 Å². The fraction of sp³-hybridized carbons (Fsp3) is 0.533. The van der Waals surface area contributed by atoms with Gasteiger partial charge in [0.15, 0.2) is 0 Å². The van der Waals surface area contributed by atoms with Crippen LogP contribution in [0.1, 0.15) is 31.7 Å². The van der Waals surface area contributed by atoms with Crippen LogP contribution in [0.4, 0.5) is 0 Å². The monoisotopic (exact) mass is 385 g/mol. The molecule has 124 valence electrons. The maximum Gasteiger partial charge on any atom is 0.307 e. The quantitative estimate of drug-likeness (QED) is 0.595. The van der Waals surface area contributed by atoms with E-state index >= 15 is 0 Å². The predicted octanol–water partition coefficient (Wildman–Crippen LogP) is 5.31. The van der Waals surface area contributed by atoms with E-state index in [0.29, 0.717) is 38.5 Å². The summed E-state index contributed by atoms with van der Waals surface area (Å²) in [6.45, 7) is 2.16. The van der Waals surface area contributed by atoms with Crippen LogP contribution in [-0.2, 0) is 11.2 Å². The largest absolute Gasteiger partial charge is 0.481 e. The van der Waals surface area contributed by atoms with E-state index in [0.717, 1.165) is 12.8 Å². The van der Waals surface area contributed by atoms with Gasteiger partial charge in [-0.05, 0) is 36.8 Å². The van der Waals surface area contributed by atoms with E-state index in [1.54, 1.807) is 0 Å². The molecule has 1 rings (SSSR count). The molecule has 7 heteroatoms. The van der Waals surface area contributed by atoms with Crippen LogP contribution in [-0.4, -0.2) is 17.6 Å². The Kier molecular flexibility index (Phi) is 8.29. The van der Waals surface area contributed by atoms with E-state index < -0.39 is 11.9 Å². The third-order valence-electron chi connectivity index (χ3n) is 3.83. The normalized spacial score (nSPS) is 13.9. The van der Waals surface area contributed by atoms with Crippen LogP contribution in [0.2, 0.25) is 20.1 Å². The number of halogens is 4. The van der Waals surface area contributed by atoms with Crippen LogP contribution in [0, 0.1) is 11.8 Å². The van der Waals surface area contributed by atoms with Crippen LogP contribution in [0.25, 0.3) is 0 Å². The van der Waals surface area contributed by atoms with Crippen LogP contribution in [0.15, 0.2) is 6.07 Å². The fourth-order valence-corrected chi connectivity index (χ4v) is 3.42. The first kappa shape index (κ1) is 19.9. The molecule has 0 saturated heterocycles. The van der Waals surface area contributed by atoms with Crippen LogP contribution in [0.3, 0.4) is 0 Å². The number of hydrogen-bond donors (Lipinski definition) is 2. The highest BCUT2D eigenvalue weighted by Crippen LogP contribution is 2.38. The molecule has 0 aliphatic heterocycles. The lowest BCUT2D eigenvalue weighted by molar-refractivity contribution is -0.142. The average Bonchev–Trinajstić information content (AvgIpc) is 2.47. The number of hydrogen-bond acceptors (Lipinski definition) is 2. The summed E-state index contributed by atoms with van der Waals surface area (Å²) in [5.74, 6) is -1.17. The summed E-state index contributed by atoms with van der Waals surface area (Å²) in [5, 5.41) is 10.6. The summed E-state index contributed by atoms with van der Waals surface area (Å²) < 4.78 is 0. The average molecular weight is 387 g/mol. The van der Waals surface area contributed by atoms with Crippen molar-refractivity contribution in [2.75, 3.05) is 6.54 Å². The van der Waals surface area contributed by atoms with E-state index in [4.69, 9.17) is 57.2 Å². The van der Waals surface area contributed by atoms with Crippen LogP contribution < -0.4 is 5.73 Å². The summed E-state index contributed by atoms with van der Waals surface area (Å²) in [7, 11) is 0. The molecule has 2 unspecified atom stereocenters. The van der Waals surface area contributed by atoms with Crippen molar-refractivity contribution < 1.29 is 9.90 Å². The van der Waals surface area contributed by atoms with Gasteiger partial charge in [-0.15, -0.1) is 0 Å². The molecule has 0 aromatic heterocycles. The molecule has 0 aliphatic carbocycles. The minimum absolute atomic E-state index is 0.135. The molecular weight excluding hydrogens is 368 g/mol. The maximum absolute atomic E-state index is 11.1. The summed E-state index contributed by atoms with van der Waals surface area (Å²) >= 11 is 24.4. The highest BCUT2D eigenvalue weighted by atomic mass is 35.5. The Hall–Kier alpha value is -0.190. The van der Waals surface area contributed by atoms with Crippen LogP contribution >= 0.6 is 46.4 Å². The Balaban J connectivity index is 2.81. The Labute approximate surface area is 150 Å². The Morgan fingerprint density at radius 3 is 2.18 bits per heavy atom. The van der Waals surface area contributed by atoms with E-state index in [1.807, 2.05) is 6.92 Å². The molecule has 0 saturated carbocycles. The highest BCUT2D eigenvalue weighted by molar-refractivity contribution is 6.48. The third kappa shape index (κ3) is 5.17. The Morgan fingerprint density at radius 2 is 1.77 bits per heavy atom. The topological polar surface area (TPSA) is 63.3 Å². The van der Waals surface area contributed by atoms with Crippen molar-refractivity contribution in [2.45, 2.75) is 32.6 Å². The number of carbonyl (C=O) groups is 1. The van der Waals surface area contributed by atoms with E-state index in [9.17, 15) is 4.79 Å². The molecule has 0 aliphatic rings. The third-order valence-corrected chi connectivity index (χ3v) is 5.49. The molecule has 0 bridgehead atoms. The van der Waals surface area contributed by atoms with E-state index in [1.165, 1.54) is 6.07 Å². The highest BCUT2D eigenvalue weighted by Gasteiger charge is 2.21. The maximum atomic E-state index is 11.1. The van der Waals surface area contributed by atoms with Crippen molar-refractivity contribution in [3.8, 4) is 0 Å². The summed E-state index contributed by atoms with van der Waals surface area (Å²) in [6, 6.07) is 1.52. The first-order chi connectivity index (χ1) is 10.3. The molecule has 0 spiro atoms. The van der Waals surface area contributed by atoms with Crippen LogP contribution in [0.5, 0.6) is 0 Å². The molecule has 0 radical (unpaired) electrons. The smallest absolute Gasteiger partial charge is 0.307 e. The second-order valence-corrected chi connectivity index (χ2v) is 6.84. The molecule has 0 heterocycles. The van der Waals surface area contributed by atoms with Gasteiger partial charge >= 0.3 is 5.97 Å². The molecule has 2 atom stereocenters. The first-order valence-electron chi connectivity index (χ1n) is 7.06. The first-order valence-corrected chi connectivity index (χ1v) is 8.57. The van der Waals surface area contributed by atoms with Gasteiger partial charge in [0.05, 0.1) is 26.0 Å². The molecule has 1 aromatic carbocycles. The minimum Gasteiger partial charge on any atom is -0.481 e. The number of carboxylic acid groups (broad SMARTS) is 1. The minimum atomic E-state index is -0.859. The van der Waals surface area contributed by atoms with Gasteiger partial charge in [0, 0.05) is 6.54 Å². The lowest BCUT2D eigenvalue weighted by atomic mass is 9.88. The van der Waals surface area contributed by atoms with Gasteiger partial charge < -0.3 is 10.8 Å². The molecule has 0 amide bonds. The molecule has 1 aromatic rings. The molecule has 0 fully saturated rings. The Morgan fingerprint density at radius 1 is 1.23 bits per heavy atom. The number of aliphatic carboxylic acids is 1. The van der Waals surface area contributed by atoms with Gasteiger partial charge in [0.25, 0.3) is 0 Å². The predicted molar refractivity (Wildman–Crippen MR) is 93.4 cm³/mol. The van der Waals surface area contributed by atoms with E-state index in [2.05, 4.69) is 0 Å². The van der Waals surface area contributed by atoms with Gasteiger partial charge in [-0.1, -0.05) is 59.7 Å². The summed E-state index contributed by atoms with van der Waals surface area (Å²) in [5.41, 5.74) is 6.22. The van der Waals surface area contributed by atoms with Crippen molar-refractivity contribution in [3.05, 3.63) is 31.7 Å².